The zero-order chi connectivity index (χ0) is 15.8. The molecule has 112 valence electrons. The standard InChI is InChI=1S/C17H24N4/c1-6-13(4)20-21-17-8-7-14(9-16(17)12(2)3)15(10-18)11-19-5/h6-12,21H,1,18H2,2-5H3/b15-10+,19-11?,20-13-. The van der Waals surface area contributed by atoms with Crippen LogP contribution >= 0.6 is 0 Å². The van der Waals surface area contributed by atoms with Gasteiger partial charge in [0, 0.05) is 25.0 Å². The summed E-state index contributed by atoms with van der Waals surface area (Å²) < 4.78 is 0. The number of rotatable bonds is 6. The van der Waals surface area contributed by atoms with Gasteiger partial charge >= 0.3 is 0 Å². The summed E-state index contributed by atoms with van der Waals surface area (Å²) in [6, 6.07) is 6.14. The normalized spacial score (nSPS) is 13.0. The van der Waals surface area contributed by atoms with E-state index in [1.165, 1.54) is 5.56 Å². The van der Waals surface area contributed by atoms with Crippen molar-refractivity contribution in [2.75, 3.05) is 12.5 Å². The monoisotopic (exact) mass is 284 g/mol. The van der Waals surface area contributed by atoms with Gasteiger partial charge in [-0.3, -0.25) is 10.4 Å². The van der Waals surface area contributed by atoms with E-state index in [-0.39, 0.29) is 0 Å². The van der Waals surface area contributed by atoms with Gasteiger partial charge in [-0.15, -0.1) is 0 Å². The summed E-state index contributed by atoms with van der Waals surface area (Å²) in [5, 5.41) is 4.27. The Balaban J connectivity index is 3.22. The number of benzene rings is 1. The Bertz CT molecular complexity index is 580. The number of anilines is 1. The van der Waals surface area contributed by atoms with Crippen molar-refractivity contribution in [3.63, 3.8) is 0 Å². The summed E-state index contributed by atoms with van der Waals surface area (Å²) in [6.07, 6.45) is 5.04. The van der Waals surface area contributed by atoms with Crippen LogP contribution in [-0.4, -0.2) is 19.0 Å². The zero-order valence-electron chi connectivity index (χ0n) is 13.2. The number of aliphatic imine (C=N–C) groups is 1. The molecule has 0 radical (unpaired) electrons. The first-order valence-corrected chi connectivity index (χ1v) is 6.94. The van der Waals surface area contributed by atoms with E-state index in [9.17, 15) is 0 Å². The number of hydrogen-bond acceptors (Lipinski definition) is 4. The molecule has 0 amide bonds. The summed E-state index contributed by atoms with van der Waals surface area (Å²) in [7, 11) is 1.73. The highest BCUT2D eigenvalue weighted by Crippen LogP contribution is 2.27. The minimum atomic E-state index is 0.365. The van der Waals surface area contributed by atoms with E-state index in [4.69, 9.17) is 5.73 Å². The van der Waals surface area contributed by atoms with Crippen molar-refractivity contribution < 1.29 is 0 Å². The maximum atomic E-state index is 5.67. The lowest BCUT2D eigenvalue weighted by Crippen LogP contribution is -2.01. The van der Waals surface area contributed by atoms with Gasteiger partial charge in [-0.05, 0) is 42.2 Å². The van der Waals surface area contributed by atoms with E-state index in [1.54, 1.807) is 25.5 Å². The topological polar surface area (TPSA) is 62.8 Å². The molecule has 3 N–H and O–H groups in total. The van der Waals surface area contributed by atoms with E-state index in [0.717, 1.165) is 22.5 Å². The molecule has 0 fully saturated rings. The van der Waals surface area contributed by atoms with Crippen LogP contribution in [0.15, 0.2) is 47.1 Å². The van der Waals surface area contributed by atoms with E-state index in [2.05, 4.69) is 42.0 Å². The number of hydrazone groups is 1. The van der Waals surface area contributed by atoms with Gasteiger partial charge < -0.3 is 5.73 Å². The van der Waals surface area contributed by atoms with Crippen molar-refractivity contribution in [1.82, 2.24) is 0 Å². The van der Waals surface area contributed by atoms with Gasteiger partial charge in [-0.2, -0.15) is 5.10 Å². The van der Waals surface area contributed by atoms with Gasteiger partial charge in [0.1, 0.15) is 0 Å². The van der Waals surface area contributed by atoms with Gasteiger partial charge in [-0.25, -0.2) is 0 Å². The fourth-order valence-corrected chi connectivity index (χ4v) is 1.87. The zero-order valence-corrected chi connectivity index (χ0v) is 13.2. The third-order valence-corrected chi connectivity index (χ3v) is 3.10. The van der Waals surface area contributed by atoms with Crippen LogP contribution in [0.2, 0.25) is 0 Å². The molecule has 0 aliphatic carbocycles. The van der Waals surface area contributed by atoms with Crippen molar-refractivity contribution >= 4 is 23.2 Å². The molecule has 1 rings (SSSR count). The molecule has 4 nitrogen and oxygen atoms in total. The molecule has 0 aliphatic rings. The average molecular weight is 284 g/mol. The molecular formula is C17H24N4. The molecule has 0 aromatic heterocycles. The third kappa shape index (κ3) is 4.60. The molecule has 0 aliphatic heterocycles. The number of nitrogens with two attached hydrogens (primary N) is 1. The van der Waals surface area contributed by atoms with Gasteiger partial charge in [0.2, 0.25) is 0 Å². The van der Waals surface area contributed by atoms with Crippen molar-refractivity contribution in [3.05, 3.63) is 48.2 Å². The molecule has 21 heavy (non-hydrogen) atoms. The molecule has 1 aromatic rings. The lowest BCUT2D eigenvalue weighted by molar-refractivity contribution is 0.866. The fourth-order valence-electron chi connectivity index (χ4n) is 1.87. The summed E-state index contributed by atoms with van der Waals surface area (Å²) in [5.41, 5.74) is 13.7. The van der Waals surface area contributed by atoms with Gasteiger partial charge in [0.15, 0.2) is 0 Å². The molecule has 0 spiro atoms. The summed E-state index contributed by atoms with van der Waals surface area (Å²) in [6.45, 7) is 9.89. The first-order chi connectivity index (χ1) is 10.0. The van der Waals surface area contributed by atoms with Crippen molar-refractivity contribution in [3.8, 4) is 0 Å². The van der Waals surface area contributed by atoms with Crippen LogP contribution in [0.5, 0.6) is 0 Å². The Kier molecular flexibility index (Phi) is 6.40. The smallest absolute Gasteiger partial charge is 0.0596 e. The highest BCUT2D eigenvalue weighted by Gasteiger charge is 2.09. The molecule has 0 bridgehead atoms. The van der Waals surface area contributed by atoms with E-state index in [0.29, 0.717) is 5.92 Å². The minimum Gasteiger partial charge on any atom is -0.404 e. The molecule has 0 heterocycles. The highest BCUT2D eigenvalue weighted by molar-refractivity contribution is 6.09. The lowest BCUT2D eigenvalue weighted by atomic mass is 9.96. The van der Waals surface area contributed by atoms with Gasteiger partial charge in [0.05, 0.1) is 11.4 Å². The molecule has 1 aromatic carbocycles. The summed E-state index contributed by atoms with van der Waals surface area (Å²) in [5.74, 6) is 0.365. The largest absolute Gasteiger partial charge is 0.404 e. The predicted octanol–water partition coefficient (Wildman–Crippen LogP) is 3.78. The molecule has 0 unspecified atom stereocenters. The highest BCUT2D eigenvalue weighted by atomic mass is 15.3. The van der Waals surface area contributed by atoms with Crippen molar-refractivity contribution in [2.24, 2.45) is 15.8 Å². The second-order valence-corrected chi connectivity index (χ2v) is 5.04. The van der Waals surface area contributed by atoms with E-state index >= 15 is 0 Å². The van der Waals surface area contributed by atoms with Crippen LogP contribution in [0, 0.1) is 0 Å². The van der Waals surface area contributed by atoms with Gasteiger partial charge in [-0.1, -0.05) is 26.5 Å². The summed E-state index contributed by atoms with van der Waals surface area (Å²) in [4.78, 5) is 4.03. The Hall–Kier alpha value is -2.36. The third-order valence-electron chi connectivity index (χ3n) is 3.10. The van der Waals surface area contributed by atoms with Crippen LogP contribution in [-0.2, 0) is 0 Å². The second-order valence-electron chi connectivity index (χ2n) is 5.04. The van der Waals surface area contributed by atoms with E-state index in [1.807, 2.05) is 19.1 Å². The lowest BCUT2D eigenvalue weighted by Gasteiger charge is -2.14. The van der Waals surface area contributed by atoms with Crippen molar-refractivity contribution in [1.29, 1.82) is 0 Å². The maximum Gasteiger partial charge on any atom is 0.0596 e. The molecule has 0 saturated heterocycles. The molecule has 4 heteroatoms. The SMILES string of the molecule is C=C/C(C)=N\Nc1ccc(/C(C=NC)=C/N)cc1C(C)C. The maximum absolute atomic E-state index is 5.67. The fraction of sp³-hybridized carbons (Fsp3) is 0.294. The Morgan fingerprint density at radius 3 is 2.62 bits per heavy atom. The minimum absolute atomic E-state index is 0.365. The van der Waals surface area contributed by atoms with E-state index < -0.39 is 0 Å². The summed E-state index contributed by atoms with van der Waals surface area (Å²) >= 11 is 0. The van der Waals surface area contributed by atoms with Gasteiger partial charge in [0.25, 0.3) is 0 Å². The average Bonchev–Trinajstić information content (AvgIpc) is 2.49. The Morgan fingerprint density at radius 2 is 2.10 bits per heavy atom. The molecular weight excluding hydrogens is 260 g/mol. The molecule has 0 atom stereocenters. The number of nitrogens with one attached hydrogen (secondary N) is 1. The Labute approximate surface area is 127 Å². The first kappa shape index (κ1) is 16.7. The number of hydrogen-bond donors (Lipinski definition) is 2. The first-order valence-electron chi connectivity index (χ1n) is 6.94. The van der Waals surface area contributed by atoms with Crippen LogP contribution in [0.3, 0.4) is 0 Å². The van der Waals surface area contributed by atoms with Crippen LogP contribution in [0.25, 0.3) is 5.57 Å². The van der Waals surface area contributed by atoms with Crippen LogP contribution in [0.1, 0.15) is 37.8 Å². The second kappa shape index (κ2) is 8.04. The molecule has 0 saturated carbocycles. The predicted molar refractivity (Wildman–Crippen MR) is 94.0 cm³/mol. The Morgan fingerprint density at radius 1 is 1.38 bits per heavy atom. The quantitative estimate of drug-likeness (QED) is 0.616. The van der Waals surface area contributed by atoms with Crippen LogP contribution < -0.4 is 11.2 Å². The van der Waals surface area contributed by atoms with Crippen molar-refractivity contribution in [2.45, 2.75) is 26.7 Å². The number of allylic oxidation sites excluding steroid dienone is 2. The van der Waals surface area contributed by atoms with Crippen LogP contribution in [0.4, 0.5) is 5.69 Å². The number of nitrogens with zero attached hydrogens (tertiary/aromatic N) is 2.